The first-order valence-electron chi connectivity index (χ1n) is 9.59. The van der Waals surface area contributed by atoms with Gasteiger partial charge in [-0.05, 0) is 49.4 Å². The molecule has 5 nitrogen and oxygen atoms in total. The molecule has 0 fully saturated rings. The van der Waals surface area contributed by atoms with Gasteiger partial charge in [0.1, 0.15) is 11.6 Å². The number of aryl methyl sites for hydroxylation is 3. The molecule has 154 valence electrons. The first-order valence-corrected chi connectivity index (χ1v) is 9.59. The molecular weight excluding hydrogens is 376 g/mol. The SMILES string of the molecule is Cc1cccc(C)c1NC(=O)CN(C)C(=O)CN1CCCc2cc(F)cc(F)c21. The van der Waals surface area contributed by atoms with E-state index in [0.717, 1.165) is 22.9 Å². The molecule has 0 aliphatic carbocycles. The Balaban J connectivity index is 1.64. The number of likely N-dealkylation sites (N-methyl/N-ethyl adjacent to an activating group) is 1. The van der Waals surface area contributed by atoms with Crippen molar-refractivity contribution in [3.05, 3.63) is 58.7 Å². The van der Waals surface area contributed by atoms with Crippen LogP contribution in [-0.2, 0) is 16.0 Å². The van der Waals surface area contributed by atoms with Crippen molar-refractivity contribution in [3.8, 4) is 0 Å². The van der Waals surface area contributed by atoms with Crippen LogP contribution in [0.1, 0.15) is 23.1 Å². The van der Waals surface area contributed by atoms with E-state index in [1.165, 1.54) is 11.0 Å². The highest BCUT2D eigenvalue weighted by Gasteiger charge is 2.25. The number of hydrogen-bond donors (Lipinski definition) is 1. The van der Waals surface area contributed by atoms with Crippen molar-refractivity contribution >= 4 is 23.2 Å². The maximum atomic E-state index is 14.3. The van der Waals surface area contributed by atoms with Crippen LogP contribution in [0.15, 0.2) is 30.3 Å². The first kappa shape index (κ1) is 20.8. The van der Waals surface area contributed by atoms with E-state index < -0.39 is 11.6 Å². The Hall–Kier alpha value is -2.96. The highest BCUT2D eigenvalue weighted by atomic mass is 19.1. The molecule has 3 rings (SSSR count). The van der Waals surface area contributed by atoms with Crippen molar-refractivity contribution in [2.75, 3.05) is 36.9 Å². The van der Waals surface area contributed by atoms with Crippen LogP contribution in [-0.4, -0.2) is 43.4 Å². The fourth-order valence-corrected chi connectivity index (χ4v) is 3.67. The van der Waals surface area contributed by atoms with Gasteiger partial charge in [-0.15, -0.1) is 0 Å². The Labute approximate surface area is 169 Å². The predicted octanol–water partition coefficient (Wildman–Crippen LogP) is 3.43. The van der Waals surface area contributed by atoms with Gasteiger partial charge in [-0.1, -0.05) is 18.2 Å². The first-order chi connectivity index (χ1) is 13.8. The number of carbonyl (C=O) groups is 2. The summed E-state index contributed by atoms with van der Waals surface area (Å²) in [6, 6.07) is 7.88. The van der Waals surface area contributed by atoms with Gasteiger partial charge >= 0.3 is 0 Å². The summed E-state index contributed by atoms with van der Waals surface area (Å²) >= 11 is 0. The summed E-state index contributed by atoms with van der Waals surface area (Å²) in [7, 11) is 1.54. The van der Waals surface area contributed by atoms with Gasteiger partial charge in [0.25, 0.3) is 0 Å². The Morgan fingerprint density at radius 3 is 2.55 bits per heavy atom. The second-order valence-electron chi connectivity index (χ2n) is 7.49. The minimum atomic E-state index is -0.664. The molecule has 7 heteroatoms. The zero-order valence-electron chi connectivity index (χ0n) is 16.9. The quantitative estimate of drug-likeness (QED) is 0.835. The number of hydrogen-bond acceptors (Lipinski definition) is 3. The third-order valence-electron chi connectivity index (χ3n) is 5.18. The van der Waals surface area contributed by atoms with E-state index in [1.807, 2.05) is 32.0 Å². The molecule has 29 heavy (non-hydrogen) atoms. The molecule has 0 radical (unpaired) electrons. The number of para-hydroxylation sites is 1. The van der Waals surface area contributed by atoms with Crippen LogP contribution in [0.2, 0.25) is 0 Å². The number of benzene rings is 2. The van der Waals surface area contributed by atoms with Gasteiger partial charge < -0.3 is 15.1 Å². The molecule has 1 aliphatic rings. The lowest BCUT2D eigenvalue weighted by Crippen LogP contribution is -2.43. The van der Waals surface area contributed by atoms with Crippen molar-refractivity contribution in [1.82, 2.24) is 4.90 Å². The van der Waals surface area contributed by atoms with Gasteiger partial charge in [0, 0.05) is 25.3 Å². The van der Waals surface area contributed by atoms with E-state index in [1.54, 1.807) is 11.9 Å². The molecule has 1 aliphatic heterocycles. The van der Waals surface area contributed by atoms with Crippen molar-refractivity contribution in [3.63, 3.8) is 0 Å². The molecule has 0 aromatic heterocycles. The number of halogens is 2. The maximum absolute atomic E-state index is 14.3. The van der Waals surface area contributed by atoms with Crippen molar-refractivity contribution in [2.24, 2.45) is 0 Å². The minimum Gasteiger partial charge on any atom is -0.360 e. The van der Waals surface area contributed by atoms with Crippen molar-refractivity contribution < 1.29 is 18.4 Å². The fourth-order valence-electron chi connectivity index (χ4n) is 3.67. The van der Waals surface area contributed by atoms with Gasteiger partial charge in [-0.2, -0.15) is 0 Å². The molecule has 0 saturated carbocycles. The van der Waals surface area contributed by atoms with E-state index in [0.29, 0.717) is 24.9 Å². The molecule has 0 bridgehead atoms. The Morgan fingerprint density at radius 2 is 1.86 bits per heavy atom. The van der Waals surface area contributed by atoms with Crippen LogP contribution < -0.4 is 10.2 Å². The van der Waals surface area contributed by atoms with Gasteiger partial charge in [0.05, 0.1) is 18.8 Å². The van der Waals surface area contributed by atoms with Crippen LogP contribution in [0.25, 0.3) is 0 Å². The lowest BCUT2D eigenvalue weighted by molar-refractivity contribution is -0.132. The van der Waals surface area contributed by atoms with Crippen LogP contribution in [0.5, 0.6) is 0 Å². The second-order valence-corrected chi connectivity index (χ2v) is 7.49. The van der Waals surface area contributed by atoms with E-state index >= 15 is 0 Å². The largest absolute Gasteiger partial charge is 0.360 e. The predicted molar refractivity (Wildman–Crippen MR) is 109 cm³/mol. The third-order valence-corrected chi connectivity index (χ3v) is 5.18. The fraction of sp³-hybridized carbons (Fsp3) is 0.364. The summed E-state index contributed by atoms with van der Waals surface area (Å²) in [6.45, 7) is 4.14. The lowest BCUT2D eigenvalue weighted by Gasteiger charge is -2.32. The summed E-state index contributed by atoms with van der Waals surface area (Å²) in [4.78, 5) is 28.0. The minimum absolute atomic E-state index is 0.0667. The molecule has 0 saturated heterocycles. The Kier molecular flexibility index (Phi) is 6.15. The number of fused-ring (bicyclic) bond motifs is 1. The zero-order valence-corrected chi connectivity index (χ0v) is 16.9. The molecule has 2 amide bonds. The van der Waals surface area contributed by atoms with Gasteiger partial charge in [0.15, 0.2) is 0 Å². The van der Waals surface area contributed by atoms with E-state index in [-0.39, 0.29) is 30.6 Å². The molecule has 1 heterocycles. The summed E-state index contributed by atoms with van der Waals surface area (Å²) in [5, 5.41) is 2.85. The third kappa shape index (κ3) is 4.72. The number of nitrogens with one attached hydrogen (secondary N) is 1. The van der Waals surface area contributed by atoms with E-state index in [2.05, 4.69) is 5.32 Å². The number of anilines is 2. The smallest absolute Gasteiger partial charge is 0.243 e. The molecule has 0 atom stereocenters. The molecule has 0 spiro atoms. The summed E-state index contributed by atoms with van der Waals surface area (Å²) in [6.07, 6.45) is 1.28. The summed E-state index contributed by atoms with van der Waals surface area (Å²) in [5.41, 5.74) is 3.48. The van der Waals surface area contributed by atoms with Gasteiger partial charge in [-0.3, -0.25) is 9.59 Å². The lowest BCUT2D eigenvalue weighted by atomic mass is 10.0. The molecule has 0 unspecified atom stereocenters. The number of amides is 2. The number of nitrogens with zero attached hydrogens (tertiary/aromatic N) is 2. The van der Waals surface area contributed by atoms with E-state index in [4.69, 9.17) is 0 Å². The number of rotatable bonds is 5. The normalized spacial score (nSPS) is 13.1. The van der Waals surface area contributed by atoms with Crippen LogP contribution in [0.3, 0.4) is 0 Å². The highest BCUT2D eigenvalue weighted by molar-refractivity contribution is 5.96. The van der Waals surface area contributed by atoms with Crippen molar-refractivity contribution in [1.29, 1.82) is 0 Å². The topological polar surface area (TPSA) is 52.7 Å². The average molecular weight is 401 g/mol. The Morgan fingerprint density at radius 1 is 1.17 bits per heavy atom. The standard InChI is InChI=1S/C22H25F2N3O2/c1-14-6-4-7-15(2)21(14)25-19(28)12-26(3)20(29)13-27-9-5-8-16-10-17(23)11-18(24)22(16)27/h4,6-7,10-11H,5,8-9,12-13H2,1-3H3,(H,25,28). The van der Waals surface area contributed by atoms with Crippen molar-refractivity contribution in [2.45, 2.75) is 26.7 Å². The summed E-state index contributed by atoms with van der Waals surface area (Å²) < 4.78 is 27.8. The van der Waals surface area contributed by atoms with E-state index in [9.17, 15) is 18.4 Å². The monoisotopic (exact) mass is 401 g/mol. The number of carbonyl (C=O) groups excluding carboxylic acids is 2. The van der Waals surface area contributed by atoms with Crippen LogP contribution in [0, 0.1) is 25.5 Å². The molecule has 1 N–H and O–H groups in total. The zero-order chi connectivity index (χ0) is 21.1. The highest BCUT2D eigenvalue weighted by Crippen LogP contribution is 2.30. The average Bonchev–Trinajstić information content (AvgIpc) is 2.64. The molecule has 2 aromatic rings. The molecular formula is C22H25F2N3O2. The van der Waals surface area contributed by atoms with Crippen LogP contribution in [0.4, 0.5) is 20.2 Å². The second kappa shape index (κ2) is 8.59. The maximum Gasteiger partial charge on any atom is 0.243 e. The Bertz CT molecular complexity index is 926. The van der Waals surface area contributed by atoms with Gasteiger partial charge in [0.2, 0.25) is 11.8 Å². The van der Waals surface area contributed by atoms with Crippen LogP contribution >= 0.6 is 0 Å². The molecule has 2 aromatic carbocycles. The van der Waals surface area contributed by atoms with Gasteiger partial charge in [-0.25, -0.2) is 8.78 Å². The summed E-state index contributed by atoms with van der Waals surface area (Å²) in [5.74, 6) is -1.89.